The third kappa shape index (κ3) is 3.31. The molecule has 0 unspecified atom stereocenters. The Balaban J connectivity index is 1.74. The Bertz CT molecular complexity index is 762. The zero-order chi connectivity index (χ0) is 17.3. The molecule has 0 bridgehead atoms. The number of halogens is 2. The highest BCUT2D eigenvalue weighted by Crippen LogP contribution is 2.29. The summed E-state index contributed by atoms with van der Waals surface area (Å²) in [5.41, 5.74) is 0.275. The zero-order valence-corrected chi connectivity index (χ0v) is 13.6. The maximum atomic E-state index is 13.7. The SMILES string of the molecule is Cn1cc([C@]2(C)CN(C(=O)Cc3cc(F)ccc3F)CCO2)cn1. The Kier molecular flexibility index (Phi) is 4.36. The molecule has 128 valence electrons. The van der Waals surface area contributed by atoms with Crippen molar-refractivity contribution in [1.29, 1.82) is 0 Å². The molecule has 1 aliphatic heterocycles. The average molecular weight is 335 g/mol. The van der Waals surface area contributed by atoms with E-state index in [2.05, 4.69) is 5.10 Å². The molecule has 1 aromatic heterocycles. The molecule has 7 heteroatoms. The molecule has 0 spiro atoms. The number of hydrogen-bond acceptors (Lipinski definition) is 3. The number of aromatic nitrogens is 2. The van der Waals surface area contributed by atoms with Gasteiger partial charge in [-0.15, -0.1) is 0 Å². The fourth-order valence-corrected chi connectivity index (χ4v) is 2.91. The summed E-state index contributed by atoms with van der Waals surface area (Å²) in [4.78, 5) is 14.1. The highest BCUT2D eigenvalue weighted by molar-refractivity contribution is 5.79. The number of amides is 1. The van der Waals surface area contributed by atoms with Gasteiger partial charge in [0.05, 0.1) is 25.8 Å². The summed E-state index contributed by atoms with van der Waals surface area (Å²) in [7, 11) is 1.81. The Morgan fingerprint density at radius 3 is 2.92 bits per heavy atom. The molecule has 1 fully saturated rings. The number of carbonyl (C=O) groups is 1. The number of aryl methyl sites for hydroxylation is 1. The number of nitrogens with zero attached hydrogens (tertiary/aromatic N) is 3. The molecule has 0 N–H and O–H groups in total. The monoisotopic (exact) mass is 335 g/mol. The molecular formula is C17H19F2N3O2. The molecular weight excluding hydrogens is 316 g/mol. The quantitative estimate of drug-likeness (QED) is 0.862. The molecule has 0 aliphatic carbocycles. The van der Waals surface area contributed by atoms with Gasteiger partial charge in [0.2, 0.25) is 5.91 Å². The van der Waals surface area contributed by atoms with Crippen LogP contribution in [0.5, 0.6) is 0 Å². The molecule has 1 atom stereocenters. The maximum absolute atomic E-state index is 13.7. The Morgan fingerprint density at radius 1 is 1.42 bits per heavy atom. The van der Waals surface area contributed by atoms with Gasteiger partial charge in [-0.2, -0.15) is 5.10 Å². The summed E-state index contributed by atoms with van der Waals surface area (Å²) < 4.78 is 34.5. The van der Waals surface area contributed by atoms with Gasteiger partial charge < -0.3 is 9.64 Å². The Morgan fingerprint density at radius 2 is 2.21 bits per heavy atom. The molecule has 24 heavy (non-hydrogen) atoms. The van der Waals surface area contributed by atoms with Crippen LogP contribution in [0, 0.1) is 11.6 Å². The van der Waals surface area contributed by atoms with E-state index >= 15 is 0 Å². The van der Waals surface area contributed by atoms with Gasteiger partial charge in [0.25, 0.3) is 0 Å². The summed E-state index contributed by atoms with van der Waals surface area (Å²) in [5.74, 6) is -1.38. The first-order chi connectivity index (χ1) is 11.4. The van der Waals surface area contributed by atoms with Gasteiger partial charge in [-0.1, -0.05) is 0 Å². The fraction of sp³-hybridized carbons (Fsp3) is 0.412. The topological polar surface area (TPSA) is 47.4 Å². The summed E-state index contributed by atoms with van der Waals surface area (Å²) in [6.45, 7) is 3.04. The first-order valence-corrected chi connectivity index (χ1v) is 7.72. The molecule has 2 heterocycles. The van der Waals surface area contributed by atoms with E-state index in [-0.39, 0.29) is 17.9 Å². The van der Waals surface area contributed by atoms with E-state index in [1.807, 2.05) is 20.2 Å². The minimum absolute atomic E-state index is 0.0644. The van der Waals surface area contributed by atoms with E-state index in [9.17, 15) is 13.6 Å². The second kappa shape index (κ2) is 6.32. The van der Waals surface area contributed by atoms with Crippen molar-refractivity contribution in [3.63, 3.8) is 0 Å². The van der Waals surface area contributed by atoms with Crippen LogP contribution < -0.4 is 0 Å². The van der Waals surface area contributed by atoms with Crippen molar-refractivity contribution in [1.82, 2.24) is 14.7 Å². The Labute approximate surface area is 138 Å². The van der Waals surface area contributed by atoms with Gasteiger partial charge in [0.1, 0.15) is 17.2 Å². The predicted molar refractivity (Wildman–Crippen MR) is 83.2 cm³/mol. The lowest BCUT2D eigenvalue weighted by Crippen LogP contribution is -2.50. The highest BCUT2D eigenvalue weighted by atomic mass is 19.1. The van der Waals surface area contributed by atoms with Crippen molar-refractivity contribution in [3.8, 4) is 0 Å². The number of morpholine rings is 1. The van der Waals surface area contributed by atoms with Gasteiger partial charge in [-0.3, -0.25) is 9.48 Å². The lowest BCUT2D eigenvalue weighted by molar-refractivity contribution is -0.149. The van der Waals surface area contributed by atoms with Crippen LogP contribution in [0.2, 0.25) is 0 Å². The van der Waals surface area contributed by atoms with E-state index in [0.717, 1.165) is 23.8 Å². The van der Waals surface area contributed by atoms with Gasteiger partial charge in [0, 0.05) is 30.9 Å². The zero-order valence-electron chi connectivity index (χ0n) is 13.6. The van der Waals surface area contributed by atoms with Crippen LogP contribution >= 0.6 is 0 Å². The van der Waals surface area contributed by atoms with Gasteiger partial charge in [-0.25, -0.2) is 8.78 Å². The summed E-state index contributed by atoms with van der Waals surface area (Å²) in [5, 5.41) is 4.14. The number of benzene rings is 1. The van der Waals surface area contributed by atoms with E-state index in [0.29, 0.717) is 19.7 Å². The average Bonchev–Trinajstić information content (AvgIpc) is 2.98. The van der Waals surface area contributed by atoms with Crippen LogP contribution in [0.3, 0.4) is 0 Å². The molecule has 3 rings (SSSR count). The van der Waals surface area contributed by atoms with Crippen LogP contribution in [-0.2, 0) is 28.6 Å². The molecule has 1 aliphatic rings. The minimum Gasteiger partial charge on any atom is -0.367 e. The number of ether oxygens (including phenoxy) is 1. The number of hydrogen-bond donors (Lipinski definition) is 0. The first-order valence-electron chi connectivity index (χ1n) is 7.72. The van der Waals surface area contributed by atoms with Crippen LogP contribution in [0.25, 0.3) is 0 Å². The fourth-order valence-electron chi connectivity index (χ4n) is 2.91. The summed E-state index contributed by atoms with van der Waals surface area (Å²) >= 11 is 0. The van der Waals surface area contributed by atoms with Crippen molar-refractivity contribution >= 4 is 5.91 Å². The van der Waals surface area contributed by atoms with Crippen molar-refractivity contribution in [2.45, 2.75) is 18.9 Å². The van der Waals surface area contributed by atoms with Crippen LogP contribution in [0.1, 0.15) is 18.1 Å². The van der Waals surface area contributed by atoms with E-state index < -0.39 is 17.2 Å². The van der Waals surface area contributed by atoms with Gasteiger partial charge >= 0.3 is 0 Å². The lowest BCUT2D eigenvalue weighted by atomic mass is 9.96. The van der Waals surface area contributed by atoms with E-state index in [1.54, 1.807) is 15.8 Å². The normalized spacial score (nSPS) is 21.1. The number of rotatable bonds is 3. The standard InChI is InChI=1S/C17H19F2N3O2/c1-17(13-9-20-21(2)10-13)11-22(5-6-24-17)16(23)8-12-7-14(18)3-4-15(12)19/h3-4,7,9-10H,5-6,8,11H2,1-2H3/t17-/m0/s1. The molecule has 1 aromatic carbocycles. The minimum atomic E-state index is -0.664. The van der Waals surface area contributed by atoms with Crippen molar-refractivity contribution in [3.05, 3.63) is 53.4 Å². The molecule has 5 nitrogen and oxygen atoms in total. The van der Waals surface area contributed by atoms with Gasteiger partial charge in [-0.05, 0) is 25.1 Å². The highest BCUT2D eigenvalue weighted by Gasteiger charge is 2.36. The van der Waals surface area contributed by atoms with Crippen molar-refractivity contribution in [2.75, 3.05) is 19.7 Å². The second-order valence-electron chi connectivity index (χ2n) is 6.21. The van der Waals surface area contributed by atoms with Gasteiger partial charge in [0.15, 0.2) is 0 Å². The molecule has 2 aromatic rings. The van der Waals surface area contributed by atoms with Crippen molar-refractivity contribution in [2.24, 2.45) is 7.05 Å². The Hall–Kier alpha value is -2.28. The maximum Gasteiger partial charge on any atom is 0.227 e. The largest absolute Gasteiger partial charge is 0.367 e. The molecule has 1 amide bonds. The lowest BCUT2D eigenvalue weighted by Gasteiger charge is -2.40. The summed E-state index contributed by atoms with van der Waals surface area (Å²) in [6, 6.07) is 3.14. The molecule has 1 saturated heterocycles. The predicted octanol–water partition coefficient (Wildman–Crippen LogP) is 2.01. The molecule has 0 radical (unpaired) electrons. The summed E-state index contributed by atoms with van der Waals surface area (Å²) in [6.07, 6.45) is 3.38. The first kappa shape index (κ1) is 16.6. The smallest absolute Gasteiger partial charge is 0.227 e. The van der Waals surface area contributed by atoms with Crippen LogP contribution in [-0.4, -0.2) is 40.3 Å². The van der Waals surface area contributed by atoms with Crippen LogP contribution in [0.15, 0.2) is 30.6 Å². The van der Waals surface area contributed by atoms with E-state index in [1.165, 1.54) is 0 Å². The van der Waals surface area contributed by atoms with Crippen molar-refractivity contribution < 1.29 is 18.3 Å². The number of carbonyl (C=O) groups excluding carboxylic acids is 1. The third-order valence-corrected chi connectivity index (χ3v) is 4.29. The second-order valence-corrected chi connectivity index (χ2v) is 6.21. The van der Waals surface area contributed by atoms with Crippen LogP contribution in [0.4, 0.5) is 8.78 Å². The molecule has 0 saturated carbocycles. The third-order valence-electron chi connectivity index (χ3n) is 4.29. The van der Waals surface area contributed by atoms with E-state index in [4.69, 9.17) is 4.74 Å².